The van der Waals surface area contributed by atoms with Crippen LogP contribution in [-0.4, -0.2) is 104 Å². The summed E-state index contributed by atoms with van der Waals surface area (Å²) in [5.41, 5.74) is 3.13. The second kappa shape index (κ2) is 21.0. The van der Waals surface area contributed by atoms with E-state index in [1.165, 1.54) is 56.1 Å². The van der Waals surface area contributed by atoms with Crippen LogP contribution >= 0.6 is 0 Å². The van der Waals surface area contributed by atoms with Crippen LogP contribution in [0.4, 0.5) is 4.79 Å². The maximum absolute atomic E-state index is 14.0. The van der Waals surface area contributed by atoms with Crippen molar-refractivity contribution in [1.82, 2.24) is 31.1 Å². The number of urea groups is 1. The average Bonchev–Trinajstić information content (AvgIpc) is 4.14. The Kier molecular flexibility index (Phi) is 15.1. The molecule has 4 aliphatic rings. The Morgan fingerprint density at radius 3 is 1.49 bits per heavy atom. The van der Waals surface area contributed by atoms with Crippen molar-refractivity contribution in [3.63, 3.8) is 0 Å². The predicted octanol–water partition coefficient (Wildman–Crippen LogP) is 6.39. The topological polar surface area (TPSA) is 149 Å². The van der Waals surface area contributed by atoms with Gasteiger partial charge in [0.05, 0.1) is 24.0 Å². The lowest BCUT2D eigenvalue weighted by Gasteiger charge is -2.19. The van der Waals surface area contributed by atoms with Gasteiger partial charge in [-0.25, -0.2) is 4.79 Å². The number of amides is 6. The van der Waals surface area contributed by atoms with Gasteiger partial charge in [0.15, 0.2) is 0 Å². The second-order valence-electron chi connectivity index (χ2n) is 17.6. The minimum Gasteiger partial charge on any atom is -0.377 e. The first-order valence-electron chi connectivity index (χ1n) is 22.7. The molecule has 0 radical (unpaired) electrons. The standard InChI is InChI=1S/C49H64N6O6/c1-3-4-5-6-7-8-9-10-17-26-50-49(60)53-43-31-55(32-44(43)61-2)48(59)36-24-22-35(23-25-36)47(58)54-29-39(45(56)51-41-27-37(41)33-18-13-11-14-19-33)40(30-54)46(57)52-42-28-38(42)34-20-15-12-16-21-34/h11-16,18-25,37-44H,3-10,17,26-32H2,1-2H3,(H,51,56)(H,52,57)(H2,50,53,60)/t37-,38-,39-,40-,41+,42+,43+,44+/m1/s1. The van der Waals surface area contributed by atoms with Gasteiger partial charge in [-0.05, 0) is 54.7 Å². The Bertz CT molecular complexity index is 1870. The van der Waals surface area contributed by atoms with Crippen LogP contribution in [0.5, 0.6) is 0 Å². The maximum Gasteiger partial charge on any atom is 0.315 e. The van der Waals surface area contributed by atoms with E-state index in [1.807, 2.05) is 36.4 Å². The van der Waals surface area contributed by atoms with E-state index in [-0.39, 0.29) is 78.8 Å². The number of methoxy groups -OCH3 is 1. The SMILES string of the molecule is CCCCCCCCCCCNC(=O)N[C@H]1CN(C(=O)c2ccc(C(=O)N3C[C@@H](C(=O)N[C@H]4C[C@@H]4c4ccccc4)[C@H](C(=O)N[C@H]4C[C@@H]4c4ccccc4)C3)cc2)C[C@@H]1OC. The zero-order chi connectivity index (χ0) is 42.7. The molecule has 0 bridgehead atoms. The molecule has 2 saturated carbocycles. The molecule has 0 unspecified atom stereocenters. The summed E-state index contributed by atoms with van der Waals surface area (Å²) in [6.45, 7) is 3.68. The molecule has 0 aromatic heterocycles. The fraction of sp³-hybridized carbons (Fsp3) is 0.531. The smallest absolute Gasteiger partial charge is 0.315 e. The van der Waals surface area contributed by atoms with Gasteiger partial charge >= 0.3 is 6.03 Å². The molecule has 12 nitrogen and oxygen atoms in total. The van der Waals surface area contributed by atoms with E-state index in [1.54, 1.807) is 41.2 Å². The van der Waals surface area contributed by atoms with Gasteiger partial charge in [0, 0.05) is 74.9 Å². The van der Waals surface area contributed by atoms with Gasteiger partial charge in [0.1, 0.15) is 0 Å². The van der Waals surface area contributed by atoms with E-state index in [4.69, 9.17) is 4.74 Å². The Morgan fingerprint density at radius 1 is 0.557 bits per heavy atom. The van der Waals surface area contributed by atoms with E-state index < -0.39 is 11.8 Å². The molecule has 3 aromatic rings. The third-order valence-corrected chi connectivity index (χ3v) is 13.1. The van der Waals surface area contributed by atoms with Gasteiger partial charge in [0.25, 0.3) is 11.8 Å². The van der Waals surface area contributed by atoms with Gasteiger partial charge < -0.3 is 35.8 Å². The summed E-state index contributed by atoms with van der Waals surface area (Å²) < 4.78 is 5.66. The Balaban J connectivity index is 0.910. The number of nitrogens with one attached hydrogen (secondary N) is 4. The van der Waals surface area contributed by atoms with Crippen molar-refractivity contribution >= 4 is 29.7 Å². The minimum absolute atomic E-state index is 0.00769. The van der Waals surface area contributed by atoms with E-state index >= 15 is 0 Å². The van der Waals surface area contributed by atoms with E-state index in [9.17, 15) is 24.0 Å². The molecular weight excluding hydrogens is 769 g/mol. The van der Waals surface area contributed by atoms with Crippen LogP contribution in [0.1, 0.15) is 121 Å². The molecular formula is C49H64N6O6. The van der Waals surface area contributed by atoms with Crippen molar-refractivity contribution in [1.29, 1.82) is 0 Å². The Hall–Kier alpha value is -5.23. The van der Waals surface area contributed by atoms with E-state index in [0.29, 0.717) is 30.8 Å². The lowest BCUT2D eigenvalue weighted by Crippen LogP contribution is -2.48. The van der Waals surface area contributed by atoms with Crippen molar-refractivity contribution in [2.24, 2.45) is 11.8 Å². The lowest BCUT2D eigenvalue weighted by molar-refractivity contribution is -0.133. The normalized spacial score (nSPS) is 25.1. The summed E-state index contributed by atoms with van der Waals surface area (Å²) >= 11 is 0. The van der Waals surface area contributed by atoms with Crippen molar-refractivity contribution in [3.8, 4) is 0 Å². The lowest BCUT2D eigenvalue weighted by atomic mass is 9.94. The Morgan fingerprint density at radius 2 is 1.02 bits per heavy atom. The van der Waals surface area contributed by atoms with Gasteiger partial charge in [0.2, 0.25) is 11.8 Å². The van der Waals surface area contributed by atoms with Crippen LogP contribution in [0.15, 0.2) is 84.9 Å². The quantitative estimate of drug-likeness (QED) is 0.0971. The summed E-state index contributed by atoms with van der Waals surface area (Å²) in [5, 5.41) is 12.3. The van der Waals surface area contributed by atoms with Gasteiger partial charge in [-0.1, -0.05) is 119 Å². The fourth-order valence-corrected chi connectivity index (χ4v) is 9.22. The highest BCUT2D eigenvalue weighted by Gasteiger charge is 2.49. The number of ether oxygens (including phenoxy) is 1. The van der Waals surface area contributed by atoms with Gasteiger partial charge in [-0.3, -0.25) is 19.2 Å². The molecule has 4 N–H and O–H groups in total. The zero-order valence-corrected chi connectivity index (χ0v) is 35.9. The number of hydrogen-bond donors (Lipinski definition) is 4. The molecule has 4 fully saturated rings. The Labute approximate surface area is 360 Å². The third-order valence-electron chi connectivity index (χ3n) is 13.1. The van der Waals surface area contributed by atoms with Crippen LogP contribution in [0.25, 0.3) is 0 Å². The summed E-state index contributed by atoms with van der Waals surface area (Å²) in [5.74, 6) is -1.87. The molecule has 6 amide bonds. The van der Waals surface area contributed by atoms with Gasteiger partial charge in [-0.15, -0.1) is 0 Å². The number of likely N-dealkylation sites (tertiary alicyclic amines) is 2. The molecule has 7 rings (SSSR count). The van der Waals surface area contributed by atoms with Crippen molar-refractivity contribution < 1.29 is 28.7 Å². The summed E-state index contributed by atoms with van der Waals surface area (Å²) in [7, 11) is 1.58. The molecule has 2 heterocycles. The predicted molar refractivity (Wildman–Crippen MR) is 235 cm³/mol. The summed E-state index contributed by atoms with van der Waals surface area (Å²) in [6, 6.07) is 26.1. The van der Waals surface area contributed by atoms with Crippen LogP contribution in [0.3, 0.4) is 0 Å². The van der Waals surface area contributed by atoms with Gasteiger partial charge in [-0.2, -0.15) is 0 Å². The summed E-state index contributed by atoms with van der Waals surface area (Å²) in [4.78, 5) is 71.4. The molecule has 2 aliphatic heterocycles. The number of unbranched alkanes of at least 4 members (excludes halogenated alkanes) is 8. The average molecular weight is 833 g/mol. The molecule has 0 spiro atoms. The molecule has 61 heavy (non-hydrogen) atoms. The van der Waals surface area contributed by atoms with Crippen LogP contribution in [-0.2, 0) is 14.3 Å². The highest BCUT2D eigenvalue weighted by atomic mass is 16.5. The molecule has 2 saturated heterocycles. The first-order chi connectivity index (χ1) is 29.7. The molecule has 2 aliphatic carbocycles. The zero-order valence-electron chi connectivity index (χ0n) is 35.9. The largest absolute Gasteiger partial charge is 0.377 e. The number of hydrogen-bond acceptors (Lipinski definition) is 6. The van der Waals surface area contributed by atoms with Crippen LogP contribution in [0, 0.1) is 11.8 Å². The molecule has 3 aromatic carbocycles. The highest BCUT2D eigenvalue weighted by molar-refractivity contribution is 5.99. The summed E-state index contributed by atoms with van der Waals surface area (Å²) in [6.07, 6.45) is 12.2. The first kappa shape index (κ1) is 43.8. The number of nitrogens with zero attached hydrogens (tertiary/aromatic N) is 2. The molecule has 8 atom stereocenters. The maximum atomic E-state index is 14.0. The minimum atomic E-state index is -0.696. The van der Waals surface area contributed by atoms with Crippen LogP contribution in [0.2, 0.25) is 0 Å². The molecule has 326 valence electrons. The van der Waals surface area contributed by atoms with Crippen molar-refractivity contribution in [3.05, 3.63) is 107 Å². The van der Waals surface area contributed by atoms with E-state index in [0.717, 1.165) is 25.7 Å². The fourth-order valence-electron chi connectivity index (χ4n) is 9.22. The van der Waals surface area contributed by atoms with Crippen LogP contribution < -0.4 is 21.3 Å². The van der Waals surface area contributed by atoms with E-state index in [2.05, 4.69) is 52.5 Å². The van der Waals surface area contributed by atoms with Crippen molar-refractivity contribution in [2.45, 2.75) is 114 Å². The number of benzene rings is 3. The third kappa shape index (κ3) is 11.6. The number of carbonyl (C=O) groups is 5. The monoisotopic (exact) mass is 832 g/mol. The number of rotatable bonds is 20. The van der Waals surface area contributed by atoms with Crippen molar-refractivity contribution in [2.75, 3.05) is 39.8 Å². The highest BCUT2D eigenvalue weighted by Crippen LogP contribution is 2.42. The number of carbonyl (C=O) groups excluding carboxylic acids is 5. The first-order valence-corrected chi connectivity index (χ1v) is 22.7. The molecule has 12 heteroatoms. The second-order valence-corrected chi connectivity index (χ2v) is 17.6.